The second kappa shape index (κ2) is 6.75. The van der Waals surface area contributed by atoms with Crippen molar-refractivity contribution in [3.05, 3.63) is 40.7 Å². The van der Waals surface area contributed by atoms with E-state index in [0.717, 1.165) is 36.3 Å². The predicted molar refractivity (Wildman–Crippen MR) is 101 cm³/mol. The summed E-state index contributed by atoms with van der Waals surface area (Å²) in [5, 5.41) is 7.44. The molecular weight excluding hydrogens is 332 g/mol. The summed E-state index contributed by atoms with van der Waals surface area (Å²) in [6.45, 7) is 4.16. The van der Waals surface area contributed by atoms with Crippen LogP contribution in [-0.4, -0.2) is 15.8 Å². The van der Waals surface area contributed by atoms with Gasteiger partial charge < -0.3 is 5.32 Å². The van der Waals surface area contributed by atoms with Gasteiger partial charge in [-0.1, -0.05) is 6.07 Å². The maximum absolute atomic E-state index is 12.5. The highest BCUT2D eigenvalue weighted by Crippen LogP contribution is 2.38. The Morgan fingerprint density at radius 3 is 2.44 bits per heavy atom. The van der Waals surface area contributed by atoms with E-state index in [4.69, 9.17) is 0 Å². The number of nitrogens with one attached hydrogen (secondary N) is 2. The number of amides is 2. The molecule has 1 heterocycles. The Balaban J connectivity index is 1.46. The van der Waals surface area contributed by atoms with Crippen LogP contribution in [0.15, 0.2) is 23.4 Å². The molecule has 2 amide bonds. The summed E-state index contributed by atoms with van der Waals surface area (Å²) >= 11 is 1.31. The topological polar surface area (TPSA) is 59.0 Å². The van der Waals surface area contributed by atoms with Crippen molar-refractivity contribution >= 4 is 23.7 Å². The zero-order chi connectivity index (χ0) is 17.4. The van der Waals surface area contributed by atoms with Crippen LogP contribution in [0.3, 0.4) is 0 Å². The average Bonchev–Trinajstić information content (AvgIpc) is 3.32. The zero-order valence-electron chi connectivity index (χ0n) is 14.8. The highest BCUT2D eigenvalue weighted by molar-refractivity contribution is 7.98. The third-order valence-corrected chi connectivity index (χ3v) is 5.81. The largest absolute Gasteiger partial charge is 0.329 e. The van der Waals surface area contributed by atoms with Gasteiger partial charge in [0.1, 0.15) is 0 Å². The Morgan fingerprint density at radius 1 is 1.16 bits per heavy atom. The number of nitrogens with zero attached hydrogens (tertiary/aromatic N) is 2. The second-order valence-corrected chi connectivity index (χ2v) is 8.02. The molecule has 1 aromatic heterocycles. The number of carbonyl (C=O) groups is 1. The van der Waals surface area contributed by atoms with E-state index in [0.29, 0.717) is 6.04 Å². The van der Waals surface area contributed by atoms with Crippen LogP contribution >= 0.6 is 11.9 Å². The molecule has 0 fully saturated rings. The summed E-state index contributed by atoms with van der Waals surface area (Å²) in [6.07, 6.45) is 10.6. The van der Waals surface area contributed by atoms with Crippen LogP contribution < -0.4 is 10.0 Å². The number of aromatic nitrogens is 2. The molecule has 2 aromatic rings. The van der Waals surface area contributed by atoms with Gasteiger partial charge in [-0.25, -0.2) is 4.79 Å². The fraction of sp³-hybridized carbons (Fsp3) is 0.474. The summed E-state index contributed by atoms with van der Waals surface area (Å²) in [6, 6.07) is 2.54. The normalized spacial score (nSPS) is 15.3. The van der Waals surface area contributed by atoms with Gasteiger partial charge in [-0.15, -0.1) is 0 Å². The molecule has 2 N–H and O–H groups in total. The van der Waals surface area contributed by atoms with Gasteiger partial charge in [0.25, 0.3) is 0 Å². The fourth-order valence-corrected chi connectivity index (χ4v) is 4.39. The molecule has 0 bridgehead atoms. The first-order valence-electron chi connectivity index (χ1n) is 9.06. The molecule has 0 radical (unpaired) electrons. The molecule has 2 aliphatic rings. The van der Waals surface area contributed by atoms with E-state index in [1.54, 1.807) is 6.20 Å². The molecule has 25 heavy (non-hydrogen) atoms. The summed E-state index contributed by atoms with van der Waals surface area (Å²) in [5.41, 5.74) is 6.66. The Labute approximate surface area is 152 Å². The van der Waals surface area contributed by atoms with Crippen molar-refractivity contribution in [3.63, 3.8) is 0 Å². The van der Waals surface area contributed by atoms with Crippen LogP contribution in [0.5, 0.6) is 0 Å². The molecule has 2 aliphatic carbocycles. The zero-order valence-corrected chi connectivity index (χ0v) is 15.6. The van der Waals surface area contributed by atoms with Gasteiger partial charge >= 0.3 is 6.03 Å². The second-order valence-electron chi connectivity index (χ2n) is 7.14. The number of anilines is 1. The van der Waals surface area contributed by atoms with Crippen molar-refractivity contribution in [1.29, 1.82) is 0 Å². The molecule has 0 atom stereocenters. The highest BCUT2D eigenvalue weighted by atomic mass is 32.2. The first kappa shape index (κ1) is 16.5. The van der Waals surface area contributed by atoms with Crippen molar-refractivity contribution < 1.29 is 4.79 Å². The van der Waals surface area contributed by atoms with E-state index in [-0.39, 0.29) is 6.03 Å². The summed E-state index contributed by atoms with van der Waals surface area (Å²) in [5.74, 6) is 0. The molecule has 0 spiro atoms. The first-order chi connectivity index (χ1) is 12.1. The minimum absolute atomic E-state index is 0.156. The number of urea groups is 1. The highest BCUT2D eigenvalue weighted by Gasteiger charge is 2.24. The van der Waals surface area contributed by atoms with Gasteiger partial charge in [0.05, 0.1) is 11.1 Å². The number of rotatable bonds is 4. The number of carbonyl (C=O) groups excluding carboxylic acids is 1. The maximum atomic E-state index is 12.5. The van der Waals surface area contributed by atoms with Gasteiger partial charge in [-0.05, 0) is 86.6 Å². The lowest BCUT2D eigenvalue weighted by Crippen LogP contribution is -2.24. The van der Waals surface area contributed by atoms with Crippen molar-refractivity contribution in [2.45, 2.75) is 63.3 Å². The van der Waals surface area contributed by atoms with Crippen LogP contribution in [0.1, 0.15) is 55.0 Å². The van der Waals surface area contributed by atoms with Crippen molar-refractivity contribution in [2.24, 2.45) is 0 Å². The van der Waals surface area contributed by atoms with Crippen molar-refractivity contribution in [1.82, 2.24) is 14.5 Å². The Kier molecular flexibility index (Phi) is 4.46. The van der Waals surface area contributed by atoms with E-state index in [2.05, 4.69) is 35.1 Å². The van der Waals surface area contributed by atoms with E-state index in [9.17, 15) is 4.79 Å². The van der Waals surface area contributed by atoms with E-state index in [1.807, 2.05) is 10.9 Å². The Morgan fingerprint density at radius 2 is 1.84 bits per heavy atom. The number of benzene rings is 1. The minimum atomic E-state index is -0.156. The third-order valence-electron chi connectivity index (χ3n) is 5.08. The number of hydrogen-bond donors (Lipinski definition) is 2. The number of fused-ring (bicyclic) bond motifs is 2. The summed E-state index contributed by atoms with van der Waals surface area (Å²) in [4.78, 5) is 13.4. The molecular formula is C19H24N4OS. The Hall–Kier alpha value is -1.95. The lowest BCUT2D eigenvalue weighted by Gasteiger charge is -2.16. The smallest absolute Gasteiger partial charge is 0.307 e. The standard InChI is InChI=1S/C19H24N4OS/c1-12(2)23-11-15(10-20-23)25-22-19(24)21-18-16-7-3-5-13(16)9-14-6-4-8-17(14)18/h9-12H,3-8H2,1-2H3,(H2,21,22,24). The third kappa shape index (κ3) is 3.27. The van der Waals surface area contributed by atoms with Crippen LogP contribution in [-0.2, 0) is 25.7 Å². The molecule has 4 rings (SSSR count). The molecule has 0 saturated carbocycles. The van der Waals surface area contributed by atoms with E-state index >= 15 is 0 Å². The molecule has 6 heteroatoms. The predicted octanol–water partition coefficient (Wildman–Crippen LogP) is 4.27. The quantitative estimate of drug-likeness (QED) is 0.804. The van der Waals surface area contributed by atoms with Crippen LogP contribution in [0, 0.1) is 0 Å². The molecule has 0 saturated heterocycles. The SMILES string of the molecule is CC(C)n1cc(SNC(=O)Nc2c3c(cc4c2CCC4)CCC3)cn1. The van der Waals surface area contributed by atoms with Gasteiger partial charge in [0, 0.05) is 17.9 Å². The summed E-state index contributed by atoms with van der Waals surface area (Å²) in [7, 11) is 0. The molecule has 5 nitrogen and oxygen atoms in total. The summed E-state index contributed by atoms with van der Waals surface area (Å²) < 4.78 is 4.78. The van der Waals surface area contributed by atoms with Crippen LogP contribution in [0.25, 0.3) is 0 Å². The monoisotopic (exact) mass is 356 g/mol. The van der Waals surface area contributed by atoms with Crippen LogP contribution in [0.4, 0.5) is 10.5 Å². The average molecular weight is 356 g/mol. The lowest BCUT2D eigenvalue weighted by molar-refractivity contribution is 0.257. The molecule has 0 aliphatic heterocycles. The van der Waals surface area contributed by atoms with Gasteiger partial charge in [-0.2, -0.15) is 5.10 Å². The fourth-order valence-electron chi connectivity index (χ4n) is 3.87. The maximum Gasteiger partial charge on any atom is 0.329 e. The van der Waals surface area contributed by atoms with Gasteiger partial charge in [0.2, 0.25) is 0 Å². The van der Waals surface area contributed by atoms with E-state index < -0.39 is 0 Å². The number of hydrogen-bond acceptors (Lipinski definition) is 3. The van der Waals surface area contributed by atoms with Gasteiger partial charge in [-0.3, -0.25) is 9.40 Å². The lowest BCUT2D eigenvalue weighted by atomic mass is 9.99. The molecule has 1 aromatic carbocycles. The van der Waals surface area contributed by atoms with E-state index in [1.165, 1.54) is 47.0 Å². The molecule has 132 valence electrons. The molecule has 0 unspecified atom stereocenters. The van der Waals surface area contributed by atoms with Crippen LogP contribution in [0.2, 0.25) is 0 Å². The first-order valence-corrected chi connectivity index (χ1v) is 9.88. The number of aryl methyl sites for hydroxylation is 2. The van der Waals surface area contributed by atoms with Crippen molar-refractivity contribution in [2.75, 3.05) is 5.32 Å². The van der Waals surface area contributed by atoms with Crippen molar-refractivity contribution in [3.8, 4) is 0 Å². The Bertz CT molecular complexity index is 780. The minimum Gasteiger partial charge on any atom is -0.307 e. The van der Waals surface area contributed by atoms with Gasteiger partial charge in [0.15, 0.2) is 0 Å².